The van der Waals surface area contributed by atoms with Gasteiger partial charge in [-0.25, -0.2) is 9.97 Å². The fourth-order valence-electron chi connectivity index (χ4n) is 5.15. The van der Waals surface area contributed by atoms with Crippen LogP contribution in [0.1, 0.15) is 29.2 Å². The van der Waals surface area contributed by atoms with Gasteiger partial charge in [0.15, 0.2) is 12.2 Å². The zero-order valence-electron chi connectivity index (χ0n) is 18.3. The van der Waals surface area contributed by atoms with Gasteiger partial charge in [-0.15, -0.1) is 0 Å². The molecule has 0 spiro atoms. The van der Waals surface area contributed by atoms with Crippen molar-refractivity contribution in [1.29, 1.82) is 0 Å². The third-order valence-electron chi connectivity index (χ3n) is 6.96. The van der Waals surface area contributed by atoms with E-state index < -0.39 is 18.3 Å². The Kier molecular flexibility index (Phi) is 4.94. The van der Waals surface area contributed by atoms with Gasteiger partial charge in [0.05, 0.1) is 12.2 Å². The summed E-state index contributed by atoms with van der Waals surface area (Å²) in [7, 11) is 0. The molecular weight excluding hydrogens is 420 g/mol. The van der Waals surface area contributed by atoms with Crippen LogP contribution in [0.3, 0.4) is 0 Å². The van der Waals surface area contributed by atoms with E-state index >= 15 is 0 Å². The maximum atomic E-state index is 10.9. The number of hydrogen-bond donors (Lipinski definition) is 3. The number of fused-ring (bicyclic) bond motifs is 2. The lowest BCUT2D eigenvalue weighted by atomic mass is 9.96. The zero-order valence-corrected chi connectivity index (χ0v) is 18.3. The summed E-state index contributed by atoms with van der Waals surface area (Å²) in [4.78, 5) is 8.55. The molecule has 3 aromatic heterocycles. The molecule has 1 saturated carbocycles. The Labute approximate surface area is 190 Å². The average molecular weight is 447 g/mol. The number of rotatable bonds is 4. The number of oxazole rings is 1. The van der Waals surface area contributed by atoms with Gasteiger partial charge in [-0.1, -0.05) is 0 Å². The van der Waals surface area contributed by atoms with E-state index in [0.717, 1.165) is 40.7 Å². The molecule has 0 bridgehead atoms. The van der Waals surface area contributed by atoms with Crippen LogP contribution >= 0.6 is 0 Å². The highest BCUT2D eigenvalue weighted by Gasteiger charge is 2.44. The Hall–Kier alpha value is -3.20. The van der Waals surface area contributed by atoms with Crippen molar-refractivity contribution < 1.29 is 19.4 Å². The summed E-state index contributed by atoms with van der Waals surface area (Å²) in [6, 6.07) is 7.70. The van der Waals surface area contributed by atoms with Crippen molar-refractivity contribution in [3.8, 4) is 17.1 Å². The normalized spacial score (nSPS) is 24.8. The molecule has 1 aliphatic heterocycles. The van der Waals surface area contributed by atoms with Gasteiger partial charge in [-0.2, -0.15) is 0 Å². The molecule has 0 radical (unpaired) electrons. The Morgan fingerprint density at radius 1 is 1.21 bits per heavy atom. The van der Waals surface area contributed by atoms with Crippen LogP contribution in [0.5, 0.6) is 5.75 Å². The van der Waals surface area contributed by atoms with E-state index in [2.05, 4.69) is 21.4 Å². The zero-order chi connectivity index (χ0) is 22.5. The minimum Gasteiger partial charge on any atom is -0.487 e. The number of aliphatic hydroxyl groups excluding tert-OH is 2. The SMILES string of the molecule is Cc1ccnc2c1ccn2C1CC(Oc2cc(-c3cnco3)cc3c2CNCC3)C(O)C1O. The van der Waals surface area contributed by atoms with Gasteiger partial charge in [0.2, 0.25) is 0 Å². The van der Waals surface area contributed by atoms with Gasteiger partial charge in [0, 0.05) is 41.9 Å². The van der Waals surface area contributed by atoms with Crippen molar-refractivity contribution in [2.75, 3.05) is 6.54 Å². The van der Waals surface area contributed by atoms with Gasteiger partial charge in [-0.3, -0.25) is 0 Å². The molecule has 1 aromatic carbocycles. The summed E-state index contributed by atoms with van der Waals surface area (Å²) in [5.74, 6) is 1.38. The molecule has 1 aliphatic carbocycles. The van der Waals surface area contributed by atoms with Crippen LogP contribution < -0.4 is 10.1 Å². The molecule has 170 valence electrons. The summed E-state index contributed by atoms with van der Waals surface area (Å²) in [5, 5.41) is 26.3. The van der Waals surface area contributed by atoms with Crippen LogP contribution in [-0.4, -0.2) is 49.6 Å². The first-order valence-electron chi connectivity index (χ1n) is 11.3. The second-order valence-corrected chi connectivity index (χ2v) is 8.93. The Bertz CT molecular complexity index is 1300. The Balaban J connectivity index is 1.33. The molecule has 0 amide bonds. The first kappa shape index (κ1) is 20.4. The van der Waals surface area contributed by atoms with E-state index in [1.807, 2.05) is 35.9 Å². The fraction of sp³-hybridized carbons (Fsp3) is 0.360. The smallest absolute Gasteiger partial charge is 0.181 e. The lowest BCUT2D eigenvalue weighted by molar-refractivity contribution is -0.0166. The summed E-state index contributed by atoms with van der Waals surface area (Å²) >= 11 is 0. The highest BCUT2D eigenvalue weighted by atomic mass is 16.5. The lowest BCUT2D eigenvalue weighted by Gasteiger charge is -2.25. The summed E-state index contributed by atoms with van der Waals surface area (Å²) in [6.07, 6.45) is 5.63. The monoisotopic (exact) mass is 446 g/mol. The number of pyridine rings is 1. The van der Waals surface area contributed by atoms with Gasteiger partial charge in [-0.05, 0) is 55.3 Å². The van der Waals surface area contributed by atoms with E-state index in [4.69, 9.17) is 9.15 Å². The van der Waals surface area contributed by atoms with E-state index in [-0.39, 0.29) is 6.04 Å². The largest absolute Gasteiger partial charge is 0.487 e. The van der Waals surface area contributed by atoms with E-state index in [9.17, 15) is 10.2 Å². The minimum absolute atomic E-state index is 0.330. The van der Waals surface area contributed by atoms with Crippen molar-refractivity contribution in [2.24, 2.45) is 0 Å². The highest BCUT2D eigenvalue weighted by Crippen LogP contribution is 2.39. The maximum Gasteiger partial charge on any atom is 0.181 e. The maximum absolute atomic E-state index is 10.9. The van der Waals surface area contributed by atoms with E-state index in [1.165, 1.54) is 12.0 Å². The van der Waals surface area contributed by atoms with Crippen molar-refractivity contribution in [3.63, 3.8) is 0 Å². The number of aryl methyl sites for hydroxylation is 1. The fourth-order valence-corrected chi connectivity index (χ4v) is 5.15. The molecule has 33 heavy (non-hydrogen) atoms. The number of nitrogens with one attached hydrogen (secondary N) is 1. The standard InChI is InChI=1S/C25H26N4O4/c1-14-2-6-28-25-17(14)4-7-29(25)19-10-21(24(31)23(19)30)33-20-9-16(22-12-27-13-32-22)8-15-3-5-26-11-18(15)20/h2,4,6-9,12-13,19,21,23-24,26,30-31H,3,5,10-11H2,1H3. The lowest BCUT2D eigenvalue weighted by Crippen LogP contribution is -2.34. The predicted octanol–water partition coefficient (Wildman–Crippen LogP) is 2.76. The number of aromatic nitrogens is 3. The molecule has 4 unspecified atom stereocenters. The van der Waals surface area contributed by atoms with E-state index in [0.29, 0.717) is 24.5 Å². The van der Waals surface area contributed by atoms with Crippen LogP contribution in [0.25, 0.3) is 22.4 Å². The molecule has 3 N–H and O–H groups in total. The Morgan fingerprint density at radius 2 is 2.12 bits per heavy atom. The van der Waals surface area contributed by atoms with Crippen molar-refractivity contribution in [3.05, 3.63) is 65.9 Å². The molecule has 4 heterocycles. The Morgan fingerprint density at radius 3 is 2.97 bits per heavy atom. The molecule has 8 heteroatoms. The van der Waals surface area contributed by atoms with Crippen molar-refractivity contribution >= 4 is 11.0 Å². The van der Waals surface area contributed by atoms with Crippen molar-refractivity contribution in [2.45, 2.75) is 50.7 Å². The predicted molar refractivity (Wildman–Crippen MR) is 122 cm³/mol. The van der Waals surface area contributed by atoms with Gasteiger partial charge < -0.3 is 29.3 Å². The van der Waals surface area contributed by atoms with E-state index in [1.54, 1.807) is 12.4 Å². The molecule has 6 rings (SSSR count). The quantitative estimate of drug-likeness (QED) is 0.443. The van der Waals surface area contributed by atoms with Gasteiger partial charge >= 0.3 is 0 Å². The number of nitrogens with zero attached hydrogens (tertiary/aromatic N) is 3. The van der Waals surface area contributed by atoms with Gasteiger partial charge in [0.1, 0.15) is 29.7 Å². The molecule has 1 fully saturated rings. The van der Waals surface area contributed by atoms with Crippen molar-refractivity contribution in [1.82, 2.24) is 19.9 Å². The third kappa shape index (κ3) is 3.42. The molecule has 0 saturated heterocycles. The first-order valence-corrected chi connectivity index (χ1v) is 11.3. The molecule has 8 nitrogen and oxygen atoms in total. The summed E-state index contributed by atoms with van der Waals surface area (Å²) in [6.45, 7) is 3.63. The molecule has 2 aliphatic rings. The average Bonchev–Trinajstić information content (AvgIpc) is 3.56. The summed E-state index contributed by atoms with van der Waals surface area (Å²) < 4.78 is 13.9. The van der Waals surface area contributed by atoms with Crippen LogP contribution in [0.2, 0.25) is 0 Å². The second kappa shape index (κ2) is 7.98. The highest BCUT2D eigenvalue weighted by molar-refractivity contribution is 5.79. The number of benzene rings is 1. The molecule has 4 atom stereocenters. The number of hydrogen-bond acceptors (Lipinski definition) is 7. The van der Waals surface area contributed by atoms with Crippen LogP contribution in [0, 0.1) is 6.92 Å². The topological polar surface area (TPSA) is 106 Å². The third-order valence-corrected chi connectivity index (χ3v) is 6.96. The molecular formula is C25H26N4O4. The first-order chi connectivity index (χ1) is 16.1. The summed E-state index contributed by atoms with van der Waals surface area (Å²) in [5.41, 5.74) is 5.10. The van der Waals surface area contributed by atoms with Crippen LogP contribution in [0.4, 0.5) is 0 Å². The number of ether oxygens (including phenoxy) is 1. The van der Waals surface area contributed by atoms with Crippen LogP contribution in [0.15, 0.2) is 53.7 Å². The molecule has 4 aromatic rings. The van der Waals surface area contributed by atoms with Gasteiger partial charge in [0.25, 0.3) is 0 Å². The second-order valence-electron chi connectivity index (χ2n) is 8.93. The minimum atomic E-state index is -1.02. The van der Waals surface area contributed by atoms with Crippen LogP contribution in [-0.2, 0) is 13.0 Å². The number of aliphatic hydroxyl groups is 2.